The molecular formula is C14H19N3O4. The van der Waals surface area contributed by atoms with Gasteiger partial charge < -0.3 is 15.8 Å². The van der Waals surface area contributed by atoms with E-state index in [-0.39, 0.29) is 19.0 Å². The minimum absolute atomic E-state index is 0.0566. The number of primary amides is 1. The molecule has 1 rings (SSSR count). The highest BCUT2D eigenvalue weighted by atomic mass is 16.5. The van der Waals surface area contributed by atoms with Gasteiger partial charge in [-0.3, -0.25) is 19.3 Å². The molecule has 0 aromatic heterocycles. The number of ether oxygens (including phenoxy) is 1. The summed E-state index contributed by atoms with van der Waals surface area (Å²) in [6.07, 6.45) is 0. The second-order valence-corrected chi connectivity index (χ2v) is 4.37. The van der Waals surface area contributed by atoms with E-state index >= 15 is 0 Å². The van der Waals surface area contributed by atoms with Crippen molar-refractivity contribution < 1.29 is 19.1 Å². The Hall–Kier alpha value is -2.41. The van der Waals surface area contributed by atoms with Gasteiger partial charge >= 0.3 is 5.97 Å². The summed E-state index contributed by atoms with van der Waals surface area (Å²) < 4.78 is 4.56. The maximum absolute atomic E-state index is 11.9. The normalized spacial score (nSPS) is 10.2. The van der Waals surface area contributed by atoms with Crippen LogP contribution in [0.2, 0.25) is 0 Å². The third-order valence-corrected chi connectivity index (χ3v) is 2.85. The molecule has 0 radical (unpaired) electrons. The number of nitrogens with zero attached hydrogens (tertiary/aromatic N) is 1. The van der Waals surface area contributed by atoms with Crippen LogP contribution in [0.5, 0.6) is 0 Å². The van der Waals surface area contributed by atoms with E-state index in [9.17, 15) is 14.4 Å². The number of anilines is 1. The Kier molecular flexibility index (Phi) is 6.35. The highest BCUT2D eigenvalue weighted by Gasteiger charge is 2.13. The fraction of sp³-hybridized carbons (Fsp3) is 0.357. The number of hydrogen-bond donors (Lipinski definition) is 2. The molecule has 0 saturated carbocycles. The monoisotopic (exact) mass is 293 g/mol. The maximum atomic E-state index is 11.9. The summed E-state index contributed by atoms with van der Waals surface area (Å²) in [6, 6.07) is 6.25. The largest absolute Gasteiger partial charge is 0.468 e. The first-order chi connectivity index (χ1) is 9.96. The number of rotatable bonds is 7. The van der Waals surface area contributed by atoms with Crippen LogP contribution >= 0.6 is 0 Å². The summed E-state index contributed by atoms with van der Waals surface area (Å²) in [5.41, 5.74) is 6.06. The molecule has 21 heavy (non-hydrogen) atoms. The molecule has 0 heterocycles. The van der Waals surface area contributed by atoms with Gasteiger partial charge in [-0.05, 0) is 30.8 Å². The van der Waals surface area contributed by atoms with Gasteiger partial charge in [0.25, 0.3) is 0 Å². The molecule has 0 unspecified atom stereocenters. The Morgan fingerprint density at radius 3 is 2.29 bits per heavy atom. The average molecular weight is 293 g/mol. The molecule has 0 bridgehead atoms. The van der Waals surface area contributed by atoms with E-state index in [0.717, 1.165) is 0 Å². The summed E-state index contributed by atoms with van der Waals surface area (Å²) in [7, 11) is 1.30. The van der Waals surface area contributed by atoms with Crippen molar-refractivity contribution in [3.05, 3.63) is 29.8 Å². The van der Waals surface area contributed by atoms with Gasteiger partial charge in [-0.25, -0.2) is 0 Å². The summed E-state index contributed by atoms with van der Waals surface area (Å²) in [4.78, 5) is 35.6. The SMILES string of the molecule is CCN(CC(=O)Nc1ccc(C(N)=O)cc1)CC(=O)OC. The van der Waals surface area contributed by atoms with Crippen LogP contribution < -0.4 is 11.1 Å². The van der Waals surface area contributed by atoms with Crippen molar-refractivity contribution in [2.75, 3.05) is 32.1 Å². The van der Waals surface area contributed by atoms with Gasteiger partial charge in [0.2, 0.25) is 11.8 Å². The van der Waals surface area contributed by atoms with E-state index in [4.69, 9.17) is 5.73 Å². The van der Waals surface area contributed by atoms with E-state index < -0.39 is 11.9 Å². The lowest BCUT2D eigenvalue weighted by molar-refractivity contribution is -0.142. The standard InChI is InChI=1S/C14H19N3O4/c1-3-17(9-13(19)21-2)8-12(18)16-11-6-4-10(5-7-11)14(15)20/h4-7H,3,8-9H2,1-2H3,(H2,15,20)(H,16,18). The molecule has 0 saturated heterocycles. The zero-order chi connectivity index (χ0) is 15.8. The molecular weight excluding hydrogens is 274 g/mol. The van der Waals surface area contributed by atoms with Crippen molar-refractivity contribution >= 4 is 23.5 Å². The Morgan fingerprint density at radius 1 is 1.19 bits per heavy atom. The number of hydrogen-bond acceptors (Lipinski definition) is 5. The predicted octanol–water partition coefficient (Wildman–Crippen LogP) is 0.219. The molecule has 1 aromatic carbocycles. The van der Waals surface area contributed by atoms with Crippen LogP contribution in [-0.4, -0.2) is 49.4 Å². The number of methoxy groups -OCH3 is 1. The lowest BCUT2D eigenvalue weighted by Gasteiger charge is -2.18. The predicted molar refractivity (Wildman–Crippen MR) is 77.7 cm³/mol. The number of amides is 2. The van der Waals surface area contributed by atoms with Crippen molar-refractivity contribution in [1.29, 1.82) is 0 Å². The van der Waals surface area contributed by atoms with Crippen LogP contribution in [0.4, 0.5) is 5.69 Å². The lowest BCUT2D eigenvalue weighted by atomic mass is 10.2. The van der Waals surface area contributed by atoms with Crippen molar-refractivity contribution in [3.8, 4) is 0 Å². The molecule has 7 nitrogen and oxygen atoms in total. The van der Waals surface area contributed by atoms with Gasteiger partial charge in [-0.1, -0.05) is 6.92 Å². The lowest BCUT2D eigenvalue weighted by Crippen LogP contribution is -2.37. The van der Waals surface area contributed by atoms with E-state index in [0.29, 0.717) is 17.8 Å². The summed E-state index contributed by atoms with van der Waals surface area (Å²) in [5, 5.41) is 2.68. The van der Waals surface area contributed by atoms with Crippen molar-refractivity contribution in [2.24, 2.45) is 5.73 Å². The van der Waals surface area contributed by atoms with Gasteiger partial charge in [0, 0.05) is 11.3 Å². The van der Waals surface area contributed by atoms with E-state index in [1.165, 1.54) is 19.2 Å². The number of esters is 1. The molecule has 2 amide bonds. The zero-order valence-electron chi connectivity index (χ0n) is 12.1. The third-order valence-electron chi connectivity index (χ3n) is 2.85. The molecule has 0 aliphatic rings. The first-order valence-electron chi connectivity index (χ1n) is 6.45. The molecule has 0 fully saturated rings. The number of carbonyl (C=O) groups is 3. The highest BCUT2D eigenvalue weighted by molar-refractivity contribution is 5.95. The van der Waals surface area contributed by atoms with Crippen LogP contribution in [0.15, 0.2) is 24.3 Å². The van der Waals surface area contributed by atoms with Gasteiger partial charge in [-0.2, -0.15) is 0 Å². The minimum Gasteiger partial charge on any atom is -0.468 e. The van der Waals surface area contributed by atoms with Crippen molar-refractivity contribution in [3.63, 3.8) is 0 Å². The van der Waals surface area contributed by atoms with E-state index in [1.807, 2.05) is 6.92 Å². The van der Waals surface area contributed by atoms with E-state index in [2.05, 4.69) is 10.1 Å². The van der Waals surface area contributed by atoms with Gasteiger partial charge in [0.15, 0.2) is 0 Å². The smallest absolute Gasteiger partial charge is 0.319 e. The molecule has 0 aliphatic carbocycles. The molecule has 114 valence electrons. The second kappa shape index (κ2) is 8.01. The third kappa shape index (κ3) is 5.62. The van der Waals surface area contributed by atoms with Crippen LogP contribution in [0.25, 0.3) is 0 Å². The second-order valence-electron chi connectivity index (χ2n) is 4.37. The van der Waals surface area contributed by atoms with Crippen LogP contribution in [-0.2, 0) is 14.3 Å². The molecule has 3 N–H and O–H groups in total. The first-order valence-corrected chi connectivity index (χ1v) is 6.45. The van der Waals surface area contributed by atoms with Crippen LogP contribution in [0.1, 0.15) is 17.3 Å². The molecule has 0 aliphatic heterocycles. The maximum Gasteiger partial charge on any atom is 0.319 e. The van der Waals surface area contributed by atoms with Crippen LogP contribution in [0, 0.1) is 0 Å². The van der Waals surface area contributed by atoms with Gasteiger partial charge in [0.1, 0.15) is 0 Å². The summed E-state index contributed by atoms with van der Waals surface area (Å²) in [6.45, 7) is 2.52. The number of carbonyl (C=O) groups excluding carboxylic acids is 3. The van der Waals surface area contributed by atoms with Crippen molar-refractivity contribution in [2.45, 2.75) is 6.92 Å². The van der Waals surface area contributed by atoms with Gasteiger partial charge in [0.05, 0.1) is 20.2 Å². The summed E-state index contributed by atoms with van der Waals surface area (Å²) in [5.74, 6) is -1.17. The quantitative estimate of drug-likeness (QED) is 0.700. The Morgan fingerprint density at radius 2 is 1.81 bits per heavy atom. The number of nitrogens with two attached hydrogens (primary N) is 1. The average Bonchev–Trinajstić information content (AvgIpc) is 2.46. The van der Waals surface area contributed by atoms with E-state index in [1.54, 1.807) is 17.0 Å². The Bertz CT molecular complexity index is 513. The summed E-state index contributed by atoms with van der Waals surface area (Å²) >= 11 is 0. The number of benzene rings is 1. The topological polar surface area (TPSA) is 102 Å². The fourth-order valence-electron chi connectivity index (χ4n) is 1.65. The molecule has 0 spiro atoms. The highest BCUT2D eigenvalue weighted by Crippen LogP contribution is 2.09. The Balaban J connectivity index is 2.55. The number of nitrogens with one attached hydrogen (secondary N) is 1. The number of likely N-dealkylation sites (N-methyl/N-ethyl adjacent to an activating group) is 1. The molecule has 1 aromatic rings. The van der Waals surface area contributed by atoms with Crippen LogP contribution in [0.3, 0.4) is 0 Å². The van der Waals surface area contributed by atoms with Crippen molar-refractivity contribution in [1.82, 2.24) is 4.90 Å². The van der Waals surface area contributed by atoms with Gasteiger partial charge in [-0.15, -0.1) is 0 Å². The fourth-order valence-corrected chi connectivity index (χ4v) is 1.65. The minimum atomic E-state index is -0.525. The molecule has 0 atom stereocenters. The first kappa shape index (κ1) is 16.6. The zero-order valence-corrected chi connectivity index (χ0v) is 12.1. The Labute approximate surface area is 123 Å². The molecule has 7 heteroatoms.